The Kier molecular flexibility index (Phi) is 6.52. The third-order valence-electron chi connectivity index (χ3n) is 4.05. The van der Waals surface area contributed by atoms with Gasteiger partial charge in [0.2, 0.25) is 0 Å². The fraction of sp³-hybridized carbons (Fsp3) is 0.588. The van der Waals surface area contributed by atoms with Gasteiger partial charge in [-0.1, -0.05) is 19.1 Å². The van der Waals surface area contributed by atoms with Gasteiger partial charge in [-0.05, 0) is 50.0 Å². The van der Waals surface area contributed by atoms with Gasteiger partial charge in [-0.3, -0.25) is 9.89 Å². The second-order valence-corrected chi connectivity index (χ2v) is 5.69. The van der Waals surface area contributed by atoms with Crippen LogP contribution in [0.15, 0.2) is 29.3 Å². The Balaban J connectivity index is 2.11. The Labute approximate surface area is 133 Å². The van der Waals surface area contributed by atoms with Crippen molar-refractivity contribution in [1.82, 2.24) is 10.2 Å². The van der Waals surface area contributed by atoms with Crippen molar-refractivity contribution < 1.29 is 4.74 Å². The van der Waals surface area contributed by atoms with Crippen molar-refractivity contribution in [1.29, 1.82) is 0 Å². The summed E-state index contributed by atoms with van der Waals surface area (Å²) in [7, 11) is 1.70. The van der Waals surface area contributed by atoms with Gasteiger partial charge in [-0.15, -0.1) is 0 Å². The van der Waals surface area contributed by atoms with Crippen LogP contribution in [0.1, 0.15) is 37.8 Å². The second-order valence-electron chi connectivity index (χ2n) is 5.69. The number of ether oxygens (including phenoxy) is 1. The van der Waals surface area contributed by atoms with Gasteiger partial charge in [0.25, 0.3) is 0 Å². The number of methoxy groups -OCH3 is 1. The third kappa shape index (κ3) is 4.63. The zero-order chi connectivity index (χ0) is 15.8. The van der Waals surface area contributed by atoms with Gasteiger partial charge in [0.1, 0.15) is 5.75 Å². The van der Waals surface area contributed by atoms with Crippen molar-refractivity contribution in [3.05, 3.63) is 29.8 Å². The molecule has 3 N–H and O–H groups in total. The number of hydrogen-bond acceptors (Lipinski definition) is 3. The average Bonchev–Trinajstić information content (AvgIpc) is 3.07. The van der Waals surface area contributed by atoms with Crippen molar-refractivity contribution >= 4 is 5.96 Å². The fourth-order valence-electron chi connectivity index (χ4n) is 2.83. The van der Waals surface area contributed by atoms with Gasteiger partial charge in [0.05, 0.1) is 19.7 Å². The molecular formula is C17H28N4O. The smallest absolute Gasteiger partial charge is 0.188 e. The third-order valence-corrected chi connectivity index (χ3v) is 4.05. The molecule has 1 saturated heterocycles. The summed E-state index contributed by atoms with van der Waals surface area (Å²) in [5, 5.41) is 3.14. The van der Waals surface area contributed by atoms with Gasteiger partial charge in [-0.25, -0.2) is 0 Å². The molecule has 5 heteroatoms. The Morgan fingerprint density at radius 1 is 1.41 bits per heavy atom. The molecule has 0 aliphatic carbocycles. The molecule has 122 valence electrons. The van der Waals surface area contributed by atoms with Gasteiger partial charge in [0.15, 0.2) is 5.96 Å². The van der Waals surface area contributed by atoms with E-state index in [1.54, 1.807) is 7.11 Å². The first-order valence-electron chi connectivity index (χ1n) is 8.16. The standard InChI is InChI=1S/C17H28N4O/c1-3-9-19-17(18)20-13-16(21-10-4-5-11-21)14-7-6-8-15(12-14)22-2/h6-8,12,16H,3-5,9-11,13H2,1-2H3,(H3,18,19,20). The minimum Gasteiger partial charge on any atom is -0.497 e. The van der Waals surface area contributed by atoms with Crippen molar-refractivity contribution in [2.24, 2.45) is 10.7 Å². The molecule has 1 aliphatic rings. The van der Waals surface area contributed by atoms with Crippen molar-refractivity contribution in [3.63, 3.8) is 0 Å². The van der Waals surface area contributed by atoms with E-state index in [0.717, 1.165) is 31.8 Å². The maximum absolute atomic E-state index is 5.94. The Morgan fingerprint density at radius 3 is 2.86 bits per heavy atom. The molecule has 2 rings (SSSR count). The monoisotopic (exact) mass is 304 g/mol. The van der Waals surface area contributed by atoms with Gasteiger partial charge >= 0.3 is 0 Å². The van der Waals surface area contributed by atoms with E-state index in [2.05, 4.69) is 34.3 Å². The number of aliphatic imine (C=N–C) groups is 1. The lowest BCUT2D eigenvalue weighted by Gasteiger charge is -2.27. The van der Waals surface area contributed by atoms with E-state index < -0.39 is 0 Å². The van der Waals surface area contributed by atoms with Crippen LogP contribution in [0.25, 0.3) is 0 Å². The number of rotatable bonds is 7. The molecule has 22 heavy (non-hydrogen) atoms. The molecule has 1 heterocycles. The van der Waals surface area contributed by atoms with Crippen LogP contribution in [-0.2, 0) is 0 Å². The van der Waals surface area contributed by atoms with E-state index >= 15 is 0 Å². The highest BCUT2D eigenvalue weighted by Crippen LogP contribution is 2.27. The lowest BCUT2D eigenvalue weighted by molar-refractivity contribution is 0.251. The average molecular weight is 304 g/mol. The molecular weight excluding hydrogens is 276 g/mol. The molecule has 5 nitrogen and oxygen atoms in total. The first-order valence-corrected chi connectivity index (χ1v) is 8.16. The predicted octanol–water partition coefficient (Wildman–Crippen LogP) is 2.15. The van der Waals surface area contributed by atoms with Crippen LogP contribution in [0.3, 0.4) is 0 Å². The van der Waals surface area contributed by atoms with Crippen LogP contribution in [0.5, 0.6) is 5.75 Å². The maximum Gasteiger partial charge on any atom is 0.188 e. The summed E-state index contributed by atoms with van der Waals surface area (Å²) in [4.78, 5) is 7.03. The topological polar surface area (TPSA) is 62.9 Å². The summed E-state index contributed by atoms with van der Waals surface area (Å²) in [6.07, 6.45) is 3.56. The van der Waals surface area contributed by atoms with Gasteiger partial charge < -0.3 is 15.8 Å². The summed E-state index contributed by atoms with van der Waals surface area (Å²) in [6.45, 7) is 5.90. The number of nitrogens with zero attached hydrogens (tertiary/aromatic N) is 2. The zero-order valence-corrected chi connectivity index (χ0v) is 13.7. The highest BCUT2D eigenvalue weighted by atomic mass is 16.5. The normalized spacial score (nSPS) is 17.5. The summed E-state index contributed by atoms with van der Waals surface area (Å²) < 4.78 is 5.35. The SMILES string of the molecule is CCCNC(N)=NCC(c1cccc(OC)c1)N1CCCC1. The van der Waals surface area contributed by atoms with Crippen molar-refractivity contribution in [2.75, 3.05) is 33.3 Å². The molecule has 0 aromatic heterocycles. The van der Waals surface area contributed by atoms with Crippen molar-refractivity contribution in [2.45, 2.75) is 32.2 Å². The Morgan fingerprint density at radius 2 is 2.18 bits per heavy atom. The summed E-state index contributed by atoms with van der Waals surface area (Å²) in [5.41, 5.74) is 7.18. The number of nitrogens with two attached hydrogens (primary N) is 1. The highest BCUT2D eigenvalue weighted by Gasteiger charge is 2.23. The number of hydrogen-bond donors (Lipinski definition) is 2. The van der Waals surface area contributed by atoms with Crippen LogP contribution >= 0.6 is 0 Å². The minimum absolute atomic E-state index is 0.263. The lowest BCUT2D eigenvalue weighted by atomic mass is 10.1. The number of benzene rings is 1. The van der Waals surface area contributed by atoms with Gasteiger partial charge in [0, 0.05) is 6.54 Å². The molecule has 0 bridgehead atoms. The summed E-state index contributed by atoms with van der Waals surface area (Å²) in [5.74, 6) is 1.43. The predicted molar refractivity (Wildman–Crippen MR) is 91.3 cm³/mol. The van der Waals surface area contributed by atoms with Crippen molar-refractivity contribution in [3.8, 4) is 5.75 Å². The van der Waals surface area contributed by atoms with E-state index in [1.807, 2.05) is 12.1 Å². The Hall–Kier alpha value is -1.75. The molecule has 0 amide bonds. The first-order chi connectivity index (χ1) is 10.7. The lowest BCUT2D eigenvalue weighted by Crippen LogP contribution is -2.34. The van der Waals surface area contributed by atoms with E-state index in [1.165, 1.54) is 18.4 Å². The minimum atomic E-state index is 0.263. The second kappa shape index (κ2) is 8.63. The van der Waals surface area contributed by atoms with E-state index in [4.69, 9.17) is 10.5 Å². The Bertz CT molecular complexity index is 483. The summed E-state index contributed by atoms with van der Waals surface area (Å²) in [6, 6.07) is 8.54. The van der Waals surface area contributed by atoms with Crippen LogP contribution in [0.2, 0.25) is 0 Å². The highest BCUT2D eigenvalue weighted by molar-refractivity contribution is 5.77. The molecule has 1 aromatic rings. The molecule has 0 saturated carbocycles. The van der Waals surface area contributed by atoms with Crippen LogP contribution in [0, 0.1) is 0 Å². The number of guanidine groups is 1. The molecule has 1 aromatic carbocycles. The molecule has 1 unspecified atom stereocenters. The number of nitrogens with one attached hydrogen (secondary N) is 1. The maximum atomic E-state index is 5.94. The quantitative estimate of drug-likeness (QED) is 0.598. The first kappa shape index (κ1) is 16.6. The zero-order valence-electron chi connectivity index (χ0n) is 13.7. The van der Waals surface area contributed by atoms with Crippen LogP contribution < -0.4 is 15.8 Å². The molecule has 1 fully saturated rings. The van der Waals surface area contributed by atoms with E-state index in [9.17, 15) is 0 Å². The molecule has 1 aliphatic heterocycles. The van der Waals surface area contributed by atoms with E-state index in [0.29, 0.717) is 12.5 Å². The van der Waals surface area contributed by atoms with Gasteiger partial charge in [-0.2, -0.15) is 0 Å². The molecule has 0 spiro atoms. The molecule has 1 atom stereocenters. The molecule has 0 radical (unpaired) electrons. The fourth-order valence-corrected chi connectivity index (χ4v) is 2.83. The summed E-state index contributed by atoms with van der Waals surface area (Å²) >= 11 is 0. The van der Waals surface area contributed by atoms with E-state index in [-0.39, 0.29) is 6.04 Å². The number of likely N-dealkylation sites (tertiary alicyclic amines) is 1. The largest absolute Gasteiger partial charge is 0.497 e. The van der Waals surface area contributed by atoms with Crippen LogP contribution in [0.4, 0.5) is 0 Å². The van der Waals surface area contributed by atoms with Crippen LogP contribution in [-0.4, -0.2) is 44.1 Å².